The highest BCUT2D eigenvalue weighted by molar-refractivity contribution is 9.11. The first-order valence-electron chi connectivity index (χ1n) is 4.84. The Bertz CT molecular complexity index is 534. The molecule has 0 saturated carbocycles. The van der Waals surface area contributed by atoms with Crippen LogP contribution >= 0.6 is 50.5 Å². The molecule has 1 heterocycles. The Morgan fingerprint density at radius 2 is 2.12 bits per heavy atom. The van der Waals surface area contributed by atoms with Gasteiger partial charge in [-0.1, -0.05) is 23.7 Å². The summed E-state index contributed by atoms with van der Waals surface area (Å²) >= 11 is 17.0. The molecule has 1 aromatic heterocycles. The summed E-state index contributed by atoms with van der Waals surface area (Å²) in [5, 5.41) is -0.413. The third-order valence-corrected chi connectivity index (χ3v) is 5.47. The molecule has 1 atom stereocenters. The van der Waals surface area contributed by atoms with Crippen LogP contribution in [0, 0.1) is 12.7 Å². The van der Waals surface area contributed by atoms with Crippen molar-refractivity contribution in [2.75, 3.05) is 0 Å². The first kappa shape index (κ1) is 13.3. The van der Waals surface area contributed by atoms with Crippen LogP contribution in [0.25, 0.3) is 0 Å². The lowest BCUT2D eigenvalue weighted by atomic mass is 10.1. The zero-order valence-electron chi connectivity index (χ0n) is 8.81. The van der Waals surface area contributed by atoms with Crippen molar-refractivity contribution < 1.29 is 4.39 Å². The van der Waals surface area contributed by atoms with Crippen LogP contribution in [0.5, 0.6) is 0 Å². The van der Waals surface area contributed by atoms with E-state index in [1.54, 1.807) is 12.1 Å². The van der Waals surface area contributed by atoms with Crippen molar-refractivity contribution in [1.82, 2.24) is 0 Å². The van der Waals surface area contributed by atoms with Gasteiger partial charge in [-0.15, -0.1) is 22.9 Å². The van der Waals surface area contributed by atoms with Crippen LogP contribution in [0.3, 0.4) is 0 Å². The zero-order chi connectivity index (χ0) is 12.6. The number of rotatable bonds is 2. The SMILES string of the molecule is Cc1cc(C(Cl)c2cccc(Cl)c2F)sc1Br. The summed E-state index contributed by atoms with van der Waals surface area (Å²) in [6.07, 6.45) is 0. The van der Waals surface area contributed by atoms with E-state index in [9.17, 15) is 4.39 Å². The van der Waals surface area contributed by atoms with Gasteiger partial charge in [0.15, 0.2) is 0 Å². The van der Waals surface area contributed by atoms with Gasteiger partial charge in [-0.3, -0.25) is 0 Å². The van der Waals surface area contributed by atoms with Crippen molar-refractivity contribution in [3.63, 3.8) is 0 Å². The molecule has 0 nitrogen and oxygen atoms in total. The third kappa shape index (κ3) is 2.68. The molecule has 0 radical (unpaired) electrons. The quantitative estimate of drug-likeness (QED) is 0.586. The number of thiophene rings is 1. The van der Waals surface area contributed by atoms with Crippen LogP contribution < -0.4 is 0 Å². The molecule has 0 spiro atoms. The molecule has 0 bridgehead atoms. The minimum Gasteiger partial charge on any atom is -0.205 e. The predicted molar refractivity (Wildman–Crippen MR) is 75.9 cm³/mol. The fourth-order valence-corrected chi connectivity index (χ4v) is 3.59. The summed E-state index contributed by atoms with van der Waals surface area (Å²) in [5.74, 6) is -0.448. The molecule has 0 N–H and O–H groups in total. The Hall–Kier alpha value is -0.0900. The van der Waals surface area contributed by atoms with Crippen LogP contribution in [0.4, 0.5) is 4.39 Å². The molecule has 17 heavy (non-hydrogen) atoms. The lowest BCUT2D eigenvalue weighted by Crippen LogP contribution is -1.95. The zero-order valence-corrected chi connectivity index (χ0v) is 12.7. The van der Waals surface area contributed by atoms with Gasteiger partial charge in [-0.25, -0.2) is 4.39 Å². The van der Waals surface area contributed by atoms with Crippen LogP contribution in [0.2, 0.25) is 5.02 Å². The Morgan fingerprint density at radius 3 is 2.71 bits per heavy atom. The number of hydrogen-bond acceptors (Lipinski definition) is 1. The summed E-state index contributed by atoms with van der Waals surface area (Å²) < 4.78 is 14.8. The summed E-state index contributed by atoms with van der Waals surface area (Å²) in [7, 11) is 0. The van der Waals surface area contributed by atoms with Crippen molar-refractivity contribution in [3.8, 4) is 0 Å². The van der Waals surface area contributed by atoms with Gasteiger partial charge in [-0.05, 0) is 40.5 Å². The van der Waals surface area contributed by atoms with Crippen LogP contribution in [-0.4, -0.2) is 0 Å². The molecule has 1 aromatic carbocycles. The van der Waals surface area contributed by atoms with Gasteiger partial charge in [0.05, 0.1) is 14.2 Å². The molecule has 2 aromatic rings. The van der Waals surface area contributed by atoms with Crippen molar-refractivity contribution in [2.45, 2.75) is 12.3 Å². The maximum atomic E-state index is 13.8. The first-order chi connectivity index (χ1) is 8.00. The number of halogens is 4. The number of aryl methyl sites for hydroxylation is 1. The van der Waals surface area contributed by atoms with Crippen molar-refractivity contribution in [3.05, 3.63) is 54.9 Å². The number of hydrogen-bond donors (Lipinski definition) is 0. The van der Waals surface area contributed by atoms with Gasteiger partial charge < -0.3 is 0 Å². The Morgan fingerprint density at radius 1 is 1.41 bits per heavy atom. The fourth-order valence-electron chi connectivity index (χ4n) is 1.48. The minimum atomic E-state index is -0.510. The average molecular weight is 354 g/mol. The van der Waals surface area contributed by atoms with E-state index in [0.29, 0.717) is 5.56 Å². The standard InChI is InChI=1S/C12H8BrCl2FS/c1-6-5-9(17-12(6)13)10(15)7-3-2-4-8(14)11(7)16/h2-5,10H,1H3. The number of benzene rings is 1. The molecule has 0 aliphatic heterocycles. The molecular weight excluding hydrogens is 346 g/mol. The molecule has 0 fully saturated rings. The van der Waals surface area contributed by atoms with Crippen molar-refractivity contribution in [1.29, 1.82) is 0 Å². The van der Waals surface area contributed by atoms with E-state index in [2.05, 4.69) is 15.9 Å². The third-order valence-electron chi connectivity index (χ3n) is 2.38. The molecule has 1 unspecified atom stereocenters. The second kappa shape index (κ2) is 5.27. The largest absolute Gasteiger partial charge is 0.205 e. The Kier molecular flexibility index (Phi) is 4.14. The number of alkyl halides is 1. The minimum absolute atomic E-state index is 0.0977. The summed E-state index contributed by atoms with van der Waals surface area (Å²) in [4.78, 5) is 0.900. The van der Waals surface area contributed by atoms with E-state index in [0.717, 1.165) is 14.2 Å². The maximum Gasteiger partial charge on any atom is 0.146 e. The highest BCUT2D eigenvalue weighted by Crippen LogP contribution is 2.39. The maximum absolute atomic E-state index is 13.8. The molecule has 0 aliphatic carbocycles. The summed E-state index contributed by atoms with van der Waals surface area (Å²) in [6, 6.07) is 6.82. The van der Waals surface area contributed by atoms with Gasteiger partial charge in [0.1, 0.15) is 5.82 Å². The van der Waals surface area contributed by atoms with Gasteiger partial charge >= 0.3 is 0 Å². The van der Waals surface area contributed by atoms with Gasteiger partial charge in [0.25, 0.3) is 0 Å². The first-order valence-corrected chi connectivity index (χ1v) is 7.27. The second-order valence-corrected chi connectivity index (χ2v) is 6.86. The predicted octanol–water partition coefficient (Wildman–Crippen LogP) is 5.94. The van der Waals surface area contributed by atoms with Gasteiger partial charge in [0, 0.05) is 10.4 Å². The van der Waals surface area contributed by atoms with Crippen molar-refractivity contribution >= 4 is 50.5 Å². The van der Waals surface area contributed by atoms with Crippen molar-refractivity contribution in [2.24, 2.45) is 0 Å². The molecular formula is C12H8BrCl2FS. The lowest BCUT2D eigenvalue weighted by molar-refractivity contribution is 0.613. The fraction of sp³-hybridized carbons (Fsp3) is 0.167. The van der Waals surface area contributed by atoms with E-state index < -0.39 is 11.2 Å². The van der Waals surface area contributed by atoms with Crippen LogP contribution in [0.15, 0.2) is 28.1 Å². The molecule has 0 saturated heterocycles. The van der Waals surface area contributed by atoms with Gasteiger partial charge in [-0.2, -0.15) is 0 Å². The van der Waals surface area contributed by atoms with Crippen LogP contribution in [-0.2, 0) is 0 Å². The monoisotopic (exact) mass is 352 g/mol. The molecule has 90 valence electrons. The molecule has 5 heteroatoms. The summed E-state index contributed by atoms with van der Waals surface area (Å²) in [6.45, 7) is 1.97. The van der Waals surface area contributed by atoms with E-state index in [1.807, 2.05) is 13.0 Å². The smallest absolute Gasteiger partial charge is 0.146 e. The van der Waals surface area contributed by atoms with E-state index >= 15 is 0 Å². The highest BCUT2D eigenvalue weighted by atomic mass is 79.9. The highest BCUT2D eigenvalue weighted by Gasteiger charge is 2.19. The lowest BCUT2D eigenvalue weighted by Gasteiger charge is -2.09. The van der Waals surface area contributed by atoms with E-state index in [4.69, 9.17) is 23.2 Å². The second-order valence-electron chi connectivity index (χ2n) is 3.61. The van der Waals surface area contributed by atoms with E-state index in [-0.39, 0.29) is 5.02 Å². The average Bonchev–Trinajstić information content (AvgIpc) is 2.62. The molecule has 0 amide bonds. The Labute approximate surface area is 121 Å². The van der Waals surface area contributed by atoms with E-state index in [1.165, 1.54) is 17.4 Å². The summed E-state index contributed by atoms with van der Waals surface area (Å²) in [5.41, 5.74) is 1.51. The topological polar surface area (TPSA) is 0 Å². The molecule has 2 rings (SSSR count). The normalized spacial score (nSPS) is 12.8. The van der Waals surface area contributed by atoms with Gasteiger partial charge in [0.2, 0.25) is 0 Å². The van der Waals surface area contributed by atoms with Crippen LogP contribution in [0.1, 0.15) is 21.4 Å². The Balaban J connectivity index is 2.43. The molecule has 0 aliphatic rings.